The number of nitrogens with zero attached hydrogens (tertiary/aromatic N) is 2. The van der Waals surface area contributed by atoms with Gasteiger partial charge >= 0.3 is 0 Å². The molecule has 2 atom stereocenters. The highest BCUT2D eigenvalue weighted by molar-refractivity contribution is 7.99. The minimum Gasteiger partial charge on any atom is -0.372 e. The van der Waals surface area contributed by atoms with Crippen LogP contribution in [0.3, 0.4) is 0 Å². The van der Waals surface area contributed by atoms with Crippen LogP contribution in [0, 0.1) is 5.82 Å². The Hall–Kier alpha value is -2.26. The Morgan fingerprint density at radius 2 is 2.00 bits per heavy atom. The van der Waals surface area contributed by atoms with Gasteiger partial charge in [-0.05, 0) is 55.9 Å². The molecule has 1 N–H and O–H groups in total. The lowest BCUT2D eigenvalue weighted by molar-refractivity contribution is -0.00539. The number of rotatable bonds is 5. The van der Waals surface area contributed by atoms with Crippen molar-refractivity contribution in [3.63, 3.8) is 0 Å². The monoisotopic (exact) mass is 411 g/mol. The van der Waals surface area contributed by atoms with Crippen LogP contribution < -0.4 is 10.2 Å². The third kappa shape index (κ3) is 4.96. The summed E-state index contributed by atoms with van der Waals surface area (Å²) in [6.45, 7) is 4.99. The van der Waals surface area contributed by atoms with Gasteiger partial charge in [-0.1, -0.05) is 0 Å². The normalized spacial score (nSPS) is 19.7. The Morgan fingerprint density at radius 3 is 2.64 bits per heavy atom. The lowest BCUT2D eigenvalue weighted by atomic mass is 10.1. The number of carbonyl (C=O) groups is 1. The van der Waals surface area contributed by atoms with Gasteiger partial charge in [0.25, 0.3) is 11.7 Å². The molecule has 2 heterocycles. The van der Waals surface area contributed by atoms with Crippen molar-refractivity contribution in [3.8, 4) is 0 Å². The molecule has 5 nitrogen and oxygen atoms in total. The lowest BCUT2D eigenvalue weighted by Crippen LogP contribution is -2.45. The van der Waals surface area contributed by atoms with Gasteiger partial charge in [0.05, 0.1) is 23.5 Å². The molecule has 0 radical (unpaired) electrons. The second-order valence-electron chi connectivity index (χ2n) is 6.52. The Morgan fingerprint density at radius 1 is 1.29 bits per heavy atom. The number of hydrogen-bond donors (Lipinski definition) is 1. The number of anilines is 2. The zero-order valence-electron chi connectivity index (χ0n) is 15.4. The van der Waals surface area contributed by atoms with Crippen molar-refractivity contribution in [1.29, 1.82) is 0 Å². The minimum atomic E-state index is -2.70. The summed E-state index contributed by atoms with van der Waals surface area (Å²) in [6, 6.07) is 7.27. The fourth-order valence-electron chi connectivity index (χ4n) is 3.16. The van der Waals surface area contributed by atoms with Crippen molar-refractivity contribution in [2.24, 2.45) is 0 Å². The van der Waals surface area contributed by atoms with E-state index in [2.05, 4.69) is 10.3 Å². The Bertz CT molecular complexity index is 843. The van der Waals surface area contributed by atoms with Gasteiger partial charge in [0.1, 0.15) is 10.8 Å². The molecule has 3 rings (SSSR count). The standard InChI is InChI=1S/C19H20F3N3O2S/c1-11-9-25(10-12(2)27-11)16-6-5-13(8-15(16)20)24-17(26)14-4-3-7-23-18(14)28-19(21)22/h3-8,11-12,19H,9-10H2,1-2H3,(H,24,26). The lowest BCUT2D eigenvalue weighted by Gasteiger charge is -2.37. The van der Waals surface area contributed by atoms with E-state index in [1.54, 1.807) is 12.1 Å². The predicted molar refractivity (Wildman–Crippen MR) is 103 cm³/mol. The summed E-state index contributed by atoms with van der Waals surface area (Å²) in [6.07, 6.45) is 1.30. The number of alkyl halides is 2. The van der Waals surface area contributed by atoms with Crippen LogP contribution in [-0.2, 0) is 4.74 Å². The SMILES string of the molecule is CC1CN(c2ccc(NC(=O)c3cccnc3SC(F)F)cc2F)CC(C)O1. The van der Waals surface area contributed by atoms with E-state index in [1.807, 2.05) is 18.7 Å². The van der Waals surface area contributed by atoms with Gasteiger partial charge in [0, 0.05) is 25.0 Å². The molecule has 2 unspecified atom stereocenters. The highest BCUT2D eigenvalue weighted by atomic mass is 32.2. The van der Waals surface area contributed by atoms with Crippen molar-refractivity contribution < 1.29 is 22.7 Å². The van der Waals surface area contributed by atoms with E-state index in [0.29, 0.717) is 18.8 Å². The number of benzene rings is 1. The van der Waals surface area contributed by atoms with Crippen LogP contribution in [0.1, 0.15) is 24.2 Å². The molecule has 1 aliphatic heterocycles. The molecule has 1 aliphatic rings. The van der Waals surface area contributed by atoms with Gasteiger partial charge in [0.2, 0.25) is 0 Å². The van der Waals surface area contributed by atoms with Crippen molar-refractivity contribution in [3.05, 3.63) is 47.9 Å². The average Bonchev–Trinajstić information content (AvgIpc) is 2.60. The summed E-state index contributed by atoms with van der Waals surface area (Å²) < 4.78 is 45.6. The number of thioether (sulfide) groups is 1. The van der Waals surface area contributed by atoms with Gasteiger partial charge in [-0.3, -0.25) is 4.79 Å². The number of nitrogens with one attached hydrogen (secondary N) is 1. The molecule has 0 aliphatic carbocycles. The van der Waals surface area contributed by atoms with E-state index in [4.69, 9.17) is 4.74 Å². The Kier molecular flexibility index (Phi) is 6.46. The number of morpholine rings is 1. The van der Waals surface area contributed by atoms with Crippen LogP contribution >= 0.6 is 11.8 Å². The summed E-state index contributed by atoms with van der Waals surface area (Å²) in [7, 11) is 0. The van der Waals surface area contributed by atoms with E-state index in [-0.39, 0.29) is 40.2 Å². The van der Waals surface area contributed by atoms with E-state index in [0.717, 1.165) is 0 Å². The highest BCUT2D eigenvalue weighted by Crippen LogP contribution is 2.28. The molecule has 0 spiro atoms. The van der Waals surface area contributed by atoms with Crippen LogP contribution in [0.15, 0.2) is 41.6 Å². The van der Waals surface area contributed by atoms with Crippen molar-refractivity contribution in [2.45, 2.75) is 36.8 Å². The first-order valence-electron chi connectivity index (χ1n) is 8.74. The molecule has 9 heteroatoms. The van der Waals surface area contributed by atoms with Crippen LogP contribution in [0.2, 0.25) is 0 Å². The van der Waals surface area contributed by atoms with E-state index >= 15 is 0 Å². The van der Waals surface area contributed by atoms with Gasteiger partial charge in [-0.25, -0.2) is 9.37 Å². The Labute approximate surface area is 165 Å². The first-order chi connectivity index (χ1) is 13.3. The molecule has 1 amide bonds. The van der Waals surface area contributed by atoms with Crippen LogP contribution in [-0.4, -0.2) is 41.9 Å². The molecule has 1 aromatic carbocycles. The number of halogens is 3. The van der Waals surface area contributed by atoms with Gasteiger partial charge < -0.3 is 15.0 Å². The number of aromatic nitrogens is 1. The van der Waals surface area contributed by atoms with Crippen LogP contribution in [0.4, 0.5) is 24.5 Å². The largest absolute Gasteiger partial charge is 0.372 e. The van der Waals surface area contributed by atoms with E-state index < -0.39 is 17.5 Å². The molecular formula is C19H20F3N3O2S. The zero-order valence-corrected chi connectivity index (χ0v) is 16.2. The first kappa shape index (κ1) is 20.5. The predicted octanol–water partition coefficient (Wildman–Crippen LogP) is 4.40. The summed E-state index contributed by atoms with van der Waals surface area (Å²) in [5.41, 5.74) is 0.667. The maximum atomic E-state index is 14.6. The molecule has 0 saturated carbocycles. The molecule has 1 saturated heterocycles. The number of ether oxygens (including phenoxy) is 1. The zero-order chi connectivity index (χ0) is 20.3. The fraction of sp³-hybridized carbons (Fsp3) is 0.368. The molecule has 28 heavy (non-hydrogen) atoms. The smallest absolute Gasteiger partial charge is 0.290 e. The molecule has 150 valence electrons. The number of hydrogen-bond acceptors (Lipinski definition) is 5. The van der Waals surface area contributed by atoms with E-state index in [1.165, 1.54) is 24.4 Å². The van der Waals surface area contributed by atoms with Gasteiger partial charge in [-0.2, -0.15) is 8.78 Å². The molecular weight excluding hydrogens is 391 g/mol. The molecule has 2 aromatic rings. The second-order valence-corrected chi connectivity index (χ2v) is 7.50. The third-order valence-electron chi connectivity index (χ3n) is 4.18. The van der Waals surface area contributed by atoms with Gasteiger partial charge in [-0.15, -0.1) is 0 Å². The topological polar surface area (TPSA) is 54.5 Å². The average molecular weight is 411 g/mol. The molecule has 1 fully saturated rings. The summed E-state index contributed by atoms with van der Waals surface area (Å²) in [4.78, 5) is 18.2. The summed E-state index contributed by atoms with van der Waals surface area (Å²) in [5, 5.41) is 2.46. The highest BCUT2D eigenvalue weighted by Gasteiger charge is 2.24. The maximum Gasteiger partial charge on any atom is 0.290 e. The number of pyridine rings is 1. The fourth-order valence-corrected chi connectivity index (χ4v) is 3.73. The Balaban J connectivity index is 1.75. The number of amides is 1. The quantitative estimate of drug-likeness (QED) is 0.739. The maximum absolute atomic E-state index is 14.6. The van der Waals surface area contributed by atoms with Crippen molar-refractivity contribution in [2.75, 3.05) is 23.3 Å². The minimum absolute atomic E-state index is 0.00751. The van der Waals surface area contributed by atoms with Crippen LogP contribution in [0.5, 0.6) is 0 Å². The number of carbonyl (C=O) groups excluding carboxylic acids is 1. The van der Waals surface area contributed by atoms with Crippen molar-refractivity contribution in [1.82, 2.24) is 4.98 Å². The van der Waals surface area contributed by atoms with Gasteiger partial charge in [0.15, 0.2) is 0 Å². The third-order valence-corrected chi connectivity index (χ3v) is 4.91. The molecule has 1 aromatic heterocycles. The summed E-state index contributed by atoms with van der Waals surface area (Å²) >= 11 is 0.191. The molecule has 0 bridgehead atoms. The summed E-state index contributed by atoms with van der Waals surface area (Å²) in [5.74, 6) is -3.80. The first-order valence-corrected chi connectivity index (χ1v) is 9.62. The van der Waals surface area contributed by atoms with Crippen LogP contribution in [0.25, 0.3) is 0 Å². The van der Waals surface area contributed by atoms with Crippen molar-refractivity contribution >= 4 is 29.0 Å². The second kappa shape index (κ2) is 8.83. The van der Waals surface area contributed by atoms with E-state index in [9.17, 15) is 18.0 Å².